The highest BCUT2D eigenvalue weighted by molar-refractivity contribution is 7.93. The van der Waals surface area contributed by atoms with Gasteiger partial charge in [-0.2, -0.15) is 0 Å². The van der Waals surface area contributed by atoms with Gasteiger partial charge in [-0.15, -0.1) is 0 Å². The van der Waals surface area contributed by atoms with Crippen molar-refractivity contribution in [2.24, 2.45) is 0 Å². The Kier molecular flexibility index (Phi) is 8.67. The molecule has 0 aliphatic carbocycles. The van der Waals surface area contributed by atoms with Gasteiger partial charge in [0.05, 0.1) is 26.3 Å². The monoisotopic (exact) mass is 637 g/mol. The standard InChI is InChI=1S/C27H22Cl3N3O5S2/c1-16-3-11-24(17(2)13-16)32-40(37,38)26-14-18(4-10-22(26)29)27(34)31-20-6-8-21(9-7-20)39(35,36)33-25-12-5-19(28)15-23(25)30/h3-15,32-33H,1-2H3,(H,31,34). The van der Waals surface area contributed by atoms with Crippen molar-refractivity contribution in [3.63, 3.8) is 0 Å². The summed E-state index contributed by atoms with van der Waals surface area (Å²) in [6, 6.07) is 18.9. The fraction of sp³-hybridized carbons (Fsp3) is 0.0741. The van der Waals surface area contributed by atoms with Gasteiger partial charge >= 0.3 is 0 Å². The summed E-state index contributed by atoms with van der Waals surface area (Å²) in [5.41, 5.74) is 2.56. The van der Waals surface area contributed by atoms with E-state index < -0.39 is 26.0 Å². The van der Waals surface area contributed by atoms with Gasteiger partial charge in [0.1, 0.15) is 4.90 Å². The predicted octanol–water partition coefficient (Wildman–Crippen LogP) is 7.12. The lowest BCUT2D eigenvalue weighted by molar-refractivity contribution is 0.102. The number of aryl methyl sites for hydroxylation is 2. The molecule has 13 heteroatoms. The second-order valence-electron chi connectivity index (χ2n) is 8.78. The molecule has 0 aliphatic rings. The molecule has 0 heterocycles. The molecule has 4 aromatic carbocycles. The summed E-state index contributed by atoms with van der Waals surface area (Å²) in [6.45, 7) is 3.67. The minimum atomic E-state index is -4.11. The van der Waals surface area contributed by atoms with E-state index in [1.807, 2.05) is 13.0 Å². The van der Waals surface area contributed by atoms with Crippen LogP contribution in [0.25, 0.3) is 0 Å². The molecule has 0 fully saturated rings. The van der Waals surface area contributed by atoms with Crippen LogP contribution in [0.3, 0.4) is 0 Å². The second-order valence-corrected chi connectivity index (χ2v) is 13.4. The summed E-state index contributed by atoms with van der Waals surface area (Å²) in [4.78, 5) is 12.6. The summed E-state index contributed by atoms with van der Waals surface area (Å²) in [5.74, 6) is -0.624. The van der Waals surface area contributed by atoms with Gasteiger partial charge in [-0.25, -0.2) is 16.8 Å². The molecular weight excluding hydrogens is 617 g/mol. The van der Waals surface area contributed by atoms with E-state index in [4.69, 9.17) is 34.8 Å². The summed E-state index contributed by atoms with van der Waals surface area (Å²) in [5, 5.41) is 3.05. The molecule has 0 saturated heterocycles. The molecule has 40 heavy (non-hydrogen) atoms. The van der Waals surface area contributed by atoms with Gasteiger partial charge in [-0.3, -0.25) is 14.2 Å². The molecule has 0 unspecified atom stereocenters. The van der Waals surface area contributed by atoms with Crippen LogP contribution >= 0.6 is 34.8 Å². The Morgan fingerprint density at radius 2 is 1.32 bits per heavy atom. The molecule has 0 spiro atoms. The number of nitrogens with one attached hydrogen (secondary N) is 3. The Hall–Kier alpha value is -3.28. The van der Waals surface area contributed by atoms with Crippen molar-refractivity contribution >= 4 is 77.8 Å². The van der Waals surface area contributed by atoms with Crippen molar-refractivity contribution in [1.29, 1.82) is 0 Å². The molecular formula is C27H22Cl3N3O5S2. The van der Waals surface area contributed by atoms with Crippen LogP contribution in [-0.4, -0.2) is 22.7 Å². The molecule has 0 radical (unpaired) electrons. The largest absolute Gasteiger partial charge is 0.322 e. The number of halogens is 3. The van der Waals surface area contributed by atoms with Crippen molar-refractivity contribution in [2.75, 3.05) is 14.8 Å². The van der Waals surface area contributed by atoms with Crippen molar-refractivity contribution in [3.05, 3.63) is 111 Å². The lowest BCUT2D eigenvalue weighted by Gasteiger charge is -2.13. The number of rotatable bonds is 8. The quantitative estimate of drug-likeness (QED) is 0.190. The zero-order valence-electron chi connectivity index (χ0n) is 21.0. The first-order chi connectivity index (χ1) is 18.7. The van der Waals surface area contributed by atoms with Crippen LogP contribution in [0.5, 0.6) is 0 Å². The van der Waals surface area contributed by atoms with Crippen molar-refractivity contribution in [2.45, 2.75) is 23.6 Å². The van der Waals surface area contributed by atoms with Crippen LogP contribution in [0.15, 0.2) is 88.7 Å². The Labute approximate surface area is 247 Å². The minimum Gasteiger partial charge on any atom is -0.322 e. The minimum absolute atomic E-state index is 0.0288. The molecule has 4 aromatic rings. The number of amides is 1. The van der Waals surface area contributed by atoms with E-state index in [1.54, 1.807) is 19.1 Å². The topological polar surface area (TPSA) is 121 Å². The zero-order chi connectivity index (χ0) is 29.2. The summed E-state index contributed by atoms with van der Waals surface area (Å²) in [6.07, 6.45) is 0. The maximum Gasteiger partial charge on any atom is 0.263 e. The third kappa shape index (κ3) is 6.89. The van der Waals surface area contributed by atoms with Gasteiger partial charge in [0.15, 0.2) is 0 Å². The molecule has 0 atom stereocenters. The fourth-order valence-corrected chi connectivity index (χ4v) is 6.92. The molecule has 0 aliphatic heterocycles. The molecule has 0 bridgehead atoms. The number of carbonyl (C=O) groups excluding carboxylic acids is 1. The highest BCUT2D eigenvalue weighted by Crippen LogP contribution is 2.29. The number of hydrogen-bond acceptors (Lipinski definition) is 5. The average molecular weight is 639 g/mol. The number of sulfonamides is 2. The lowest BCUT2D eigenvalue weighted by atomic mass is 10.1. The smallest absolute Gasteiger partial charge is 0.263 e. The van der Waals surface area contributed by atoms with E-state index in [0.29, 0.717) is 10.7 Å². The lowest BCUT2D eigenvalue weighted by Crippen LogP contribution is -2.17. The van der Waals surface area contributed by atoms with Crippen LogP contribution in [0.1, 0.15) is 21.5 Å². The Morgan fingerprint density at radius 1 is 0.675 bits per heavy atom. The van der Waals surface area contributed by atoms with E-state index in [1.165, 1.54) is 60.7 Å². The Bertz CT molecular complexity index is 1830. The number of carbonyl (C=O) groups is 1. The molecule has 8 nitrogen and oxygen atoms in total. The first-order valence-electron chi connectivity index (χ1n) is 11.5. The number of anilines is 3. The average Bonchev–Trinajstić information content (AvgIpc) is 2.88. The summed E-state index contributed by atoms with van der Waals surface area (Å²) in [7, 11) is -8.10. The van der Waals surface area contributed by atoms with Gasteiger partial charge in [0, 0.05) is 16.3 Å². The Morgan fingerprint density at radius 3 is 1.98 bits per heavy atom. The normalized spacial score (nSPS) is 11.6. The van der Waals surface area contributed by atoms with Gasteiger partial charge in [0.2, 0.25) is 0 Å². The third-order valence-electron chi connectivity index (χ3n) is 5.71. The van der Waals surface area contributed by atoms with Crippen LogP contribution in [0, 0.1) is 13.8 Å². The third-order valence-corrected chi connectivity index (χ3v) is 9.48. The molecule has 3 N–H and O–H groups in total. The number of hydrogen-bond donors (Lipinski definition) is 3. The van der Waals surface area contributed by atoms with Crippen LogP contribution in [0.2, 0.25) is 15.1 Å². The highest BCUT2D eigenvalue weighted by atomic mass is 35.5. The van der Waals surface area contributed by atoms with E-state index in [9.17, 15) is 21.6 Å². The first kappa shape index (κ1) is 29.7. The van der Waals surface area contributed by atoms with Gasteiger partial charge in [0.25, 0.3) is 26.0 Å². The Balaban J connectivity index is 1.51. The van der Waals surface area contributed by atoms with Gasteiger partial charge in [-0.1, -0.05) is 52.5 Å². The van der Waals surface area contributed by atoms with Crippen LogP contribution in [0.4, 0.5) is 17.1 Å². The van der Waals surface area contributed by atoms with Gasteiger partial charge in [-0.05, 0) is 86.1 Å². The fourth-order valence-electron chi connectivity index (χ4n) is 3.67. The number of benzene rings is 4. The summed E-state index contributed by atoms with van der Waals surface area (Å²) >= 11 is 18.1. The second kappa shape index (κ2) is 11.7. The maximum atomic E-state index is 13.1. The van der Waals surface area contributed by atoms with Gasteiger partial charge < -0.3 is 5.32 Å². The SMILES string of the molecule is Cc1ccc(NS(=O)(=O)c2cc(C(=O)Nc3ccc(S(=O)(=O)Nc4ccc(Cl)cc4Cl)cc3)ccc2Cl)c(C)c1. The highest BCUT2D eigenvalue weighted by Gasteiger charge is 2.22. The van der Waals surface area contributed by atoms with E-state index in [0.717, 1.165) is 11.1 Å². The van der Waals surface area contributed by atoms with Crippen molar-refractivity contribution < 1.29 is 21.6 Å². The van der Waals surface area contributed by atoms with E-state index in [2.05, 4.69) is 14.8 Å². The first-order valence-corrected chi connectivity index (χ1v) is 15.6. The molecule has 4 rings (SSSR count). The molecule has 0 saturated carbocycles. The van der Waals surface area contributed by atoms with E-state index in [-0.39, 0.29) is 36.8 Å². The van der Waals surface area contributed by atoms with Crippen molar-refractivity contribution in [1.82, 2.24) is 0 Å². The van der Waals surface area contributed by atoms with Crippen LogP contribution in [-0.2, 0) is 20.0 Å². The molecule has 208 valence electrons. The van der Waals surface area contributed by atoms with Crippen molar-refractivity contribution in [3.8, 4) is 0 Å². The molecule has 1 amide bonds. The predicted molar refractivity (Wildman–Crippen MR) is 160 cm³/mol. The van der Waals surface area contributed by atoms with Crippen LogP contribution < -0.4 is 14.8 Å². The maximum absolute atomic E-state index is 13.1. The zero-order valence-corrected chi connectivity index (χ0v) is 24.9. The summed E-state index contributed by atoms with van der Waals surface area (Å²) < 4.78 is 56.6. The molecule has 0 aromatic heterocycles. The van der Waals surface area contributed by atoms with E-state index >= 15 is 0 Å².